The summed E-state index contributed by atoms with van der Waals surface area (Å²) in [7, 11) is 0. The fourth-order valence-electron chi connectivity index (χ4n) is 3.08. The van der Waals surface area contributed by atoms with Crippen molar-refractivity contribution in [1.82, 2.24) is 9.55 Å². The van der Waals surface area contributed by atoms with Gasteiger partial charge >= 0.3 is 0 Å². The molecule has 0 radical (unpaired) electrons. The van der Waals surface area contributed by atoms with Crippen LogP contribution in [0.15, 0.2) is 78.9 Å². The van der Waals surface area contributed by atoms with Crippen LogP contribution in [0.4, 0.5) is 11.6 Å². The van der Waals surface area contributed by atoms with E-state index < -0.39 is 10.8 Å². The monoisotopic (exact) mass is 402 g/mol. The molecular weight excluding hydrogens is 384 g/mol. The van der Waals surface area contributed by atoms with Crippen LogP contribution >= 0.6 is 0 Å². The summed E-state index contributed by atoms with van der Waals surface area (Å²) in [5, 5.41) is 13.6. The van der Waals surface area contributed by atoms with E-state index in [1.165, 1.54) is 24.3 Å². The van der Waals surface area contributed by atoms with Crippen LogP contribution in [0.3, 0.4) is 0 Å². The standard InChI is InChI=1S/C22H18N4O4/c27-21(16-10-12-17(13-11-16)26(28)29)24-22-23-19-8-4-5-9-20(19)25(22)14-15-30-18-6-2-1-3-7-18/h1-13H,14-15H2,(H,23,24,27). The SMILES string of the molecule is O=C(Nc1nc2ccccc2n1CCOc1ccccc1)c1ccc([N+](=O)[O-])cc1. The number of carbonyl (C=O) groups excluding carboxylic acids is 1. The molecule has 0 aliphatic rings. The van der Waals surface area contributed by atoms with Gasteiger partial charge in [-0.1, -0.05) is 30.3 Å². The smallest absolute Gasteiger partial charge is 0.269 e. The second-order valence-corrected chi connectivity index (χ2v) is 6.50. The third kappa shape index (κ3) is 4.12. The molecule has 0 fully saturated rings. The number of ether oxygens (including phenoxy) is 1. The molecule has 8 nitrogen and oxygen atoms in total. The number of benzene rings is 3. The lowest BCUT2D eigenvalue weighted by Crippen LogP contribution is -2.18. The molecule has 4 rings (SSSR count). The van der Waals surface area contributed by atoms with Gasteiger partial charge in [0.15, 0.2) is 0 Å². The van der Waals surface area contributed by atoms with E-state index in [1.54, 1.807) is 0 Å². The first-order chi connectivity index (χ1) is 14.6. The Hall–Kier alpha value is -4.20. The van der Waals surface area contributed by atoms with E-state index in [0.717, 1.165) is 16.8 Å². The summed E-state index contributed by atoms with van der Waals surface area (Å²) >= 11 is 0. The third-order valence-corrected chi connectivity index (χ3v) is 4.55. The van der Waals surface area contributed by atoms with E-state index in [4.69, 9.17) is 4.74 Å². The zero-order valence-corrected chi connectivity index (χ0v) is 15.9. The molecule has 1 aromatic heterocycles. The summed E-state index contributed by atoms with van der Waals surface area (Å²) in [4.78, 5) is 27.5. The van der Waals surface area contributed by atoms with Crippen LogP contribution in [-0.4, -0.2) is 27.0 Å². The van der Waals surface area contributed by atoms with Gasteiger partial charge in [-0.25, -0.2) is 4.98 Å². The summed E-state index contributed by atoms with van der Waals surface area (Å²) in [5.41, 5.74) is 1.85. The molecule has 150 valence electrons. The first-order valence-electron chi connectivity index (χ1n) is 9.31. The van der Waals surface area contributed by atoms with Gasteiger partial charge in [-0.2, -0.15) is 0 Å². The topological polar surface area (TPSA) is 99.3 Å². The number of nitrogens with one attached hydrogen (secondary N) is 1. The number of rotatable bonds is 7. The number of para-hydroxylation sites is 3. The van der Waals surface area contributed by atoms with Crippen molar-refractivity contribution < 1.29 is 14.5 Å². The van der Waals surface area contributed by atoms with Crippen LogP contribution < -0.4 is 10.1 Å². The number of anilines is 1. The highest BCUT2D eigenvalue weighted by molar-refractivity contribution is 6.04. The molecule has 0 bridgehead atoms. The lowest BCUT2D eigenvalue weighted by Gasteiger charge is -2.11. The Morgan fingerprint density at radius 2 is 1.70 bits per heavy atom. The van der Waals surface area contributed by atoms with Crippen LogP contribution in [0.5, 0.6) is 5.75 Å². The van der Waals surface area contributed by atoms with Gasteiger partial charge in [0.25, 0.3) is 11.6 Å². The van der Waals surface area contributed by atoms with Crippen LogP contribution in [0.2, 0.25) is 0 Å². The highest BCUT2D eigenvalue weighted by Gasteiger charge is 2.15. The van der Waals surface area contributed by atoms with Crippen LogP contribution in [0.1, 0.15) is 10.4 Å². The summed E-state index contributed by atoms with van der Waals surface area (Å²) in [5.74, 6) is 0.750. The molecule has 0 saturated heterocycles. The minimum absolute atomic E-state index is 0.0724. The number of aromatic nitrogens is 2. The van der Waals surface area contributed by atoms with Crippen molar-refractivity contribution in [2.45, 2.75) is 6.54 Å². The lowest BCUT2D eigenvalue weighted by atomic mass is 10.2. The Morgan fingerprint density at radius 3 is 2.43 bits per heavy atom. The average molecular weight is 402 g/mol. The van der Waals surface area contributed by atoms with Gasteiger partial charge in [-0.3, -0.25) is 20.2 Å². The van der Waals surface area contributed by atoms with Gasteiger partial charge in [0.1, 0.15) is 12.4 Å². The first-order valence-corrected chi connectivity index (χ1v) is 9.31. The van der Waals surface area contributed by atoms with Crippen molar-refractivity contribution in [2.75, 3.05) is 11.9 Å². The van der Waals surface area contributed by atoms with Crippen molar-refractivity contribution in [2.24, 2.45) is 0 Å². The molecule has 1 heterocycles. The van der Waals surface area contributed by atoms with Gasteiger partial charge in [0.05, 0.1) is 22.5 Å². The number of nitrogens with zero attached hydrogens (tertiary/aromatic N) is 3. The van der Waals surface area contributed by atoms with Crippen molar-refractivity contribution in [1.29, 1.82) is 0 Å². The highest BCUT2D eigenvalue weighted by Crippen LogP contribution is 2.21. The van der Waals surface area contributed by atoms with Crippen LogP contribution in [0.25, 0.3) is 11.0 Å². The third-order valence-electron chi connectivity index (χ3n) is 4.55. The molecular formula is C22H18N4O4. The molecule has 1 N–H and O–H groups in total. The Balaban J connectivity index is 1.54. The molecule has 3 aromatic carbocycles. The Labute approximate surface area is 171 Å². The fraction of sp³-hybridized carbons (Fsp3) is 0.0909. The molecule has 0 spiro atoms. The number of non-ortho nitro benzene ring substituents is 1. The molecule has 1 amide bonds. The number of imidazole rings is 1. The maximum Gasteiger partial charge on any atom is 0.269 e. The lowest BCUT2D eigenvalue weighted by molar-refractivity contribution is -0.384. The maximum atomic E-state index is 12.7. The van der Waals surface area contributed by atoms with E-state index in [9.17, 15) is 14.9 Å². The van der Waals surface area contributed by atoms with Gasteiger partial charge < -0.3 is 9.30 Å². The predicted octanol–water partition coefficient (Wildman–Crippen LogP) is 4.28. The minimum Gasteiger partial charge on any atom is -0.492 e. The van der Waals surface area contributed by atoms with E-state index >= 15 is 0 Å². The van der Waals surface area contributed by atoms with E-state index in [0.29, 0.717) is 24.7 Å². The first kappa shape index (κ1) is 19.1. The summed E-state index contributed by atoms with van der Waals surface area (Å²) < 4.78 is 7.66. The number of nitro groups is 1. The second kappa shape index (κ2) is 8.44. The number of hydrogen-bond donors (Lipinski definition) is 1. The Morgan fingerprint density at radius 1 is 1.00 bits per heavy atom. The van der Waals surface area contributed by atoms with E-state index in [1.807, 2.05) is 59.2 Å². The molecule has 30 heavy (non-hydrogen) atoms. The maximum absolute atomic E-state index is 12.7. The summed E-state index contributed by atoms with van der Waals surface area (Å²) in [6.07, 6.45) is 0. The fourth-order valence-corrected chi connectivity index (χ4v) is 3.08. The molecule has 0 saturated carbocycles. The van der Waals surface area contributed by atoms with Crippen molar-refractivity contribution in [3.05, 3.63) is 94.5 Å². The van der Waals surface area contributed by atoms with Crippen LogP contribution in [0, 0.1) is 10.1 Å². The van der Waals surface area contributed by atoms with E-state index in [2.05, 4.69) is 10.3 Å². The molecule has 0 unspecified atom stereocenters. The predicted molar refractivity (Wildman–Crippen MR) is 113 cm³/mol. The number of nitro benzene ring substituents is 1. The van der Waals surface area contributed by atoms with Gasteiger partial charge in [0, 0.05) is 17.7 Å². The summed E-state index contributed by atoms with van der Waals surface area (Å²) in [6, 6.07) is 22.5. The zero-order chi connectivity index (χ0) is 20.9. The van der Waals surface area contributed by atoms with Gasteiger partial charge in [-0.15, -0.1) is 0 Å². The van der Waals surface area contributed by atoms with Crippen LogP contribution in [-0.2, 0) is 6.54 Å². The Kier molecular flexibility index (Phi) is 5.38. The van der Waals surface area contributed by atoms with Gasteiger partial charge in [-0.05, 0) is 36.4 Å². The number of hydrogen-bond acceptors (Lipinski definition) is 5. The molecule has 0 aliphatic carbocycles. The number of amides is 1. The molecule has 0 atom stereocenters. The average Bonchev–Trinajstić information content (AvgIpc) is 3.11. The van der Waals surface area contributed by atoms with Crippen molar-refractivity contribution in [3.8, 4) is 5.75 Å². The molecule has 8 heteroatoms. The second-order valence-electron chi connectivity index (χ2n) is 6.50. The number of carbonyl (C=O) groups is 1. The minimum atomic E-state index is -0.506. The quantitative estimate of drug-likeness (QED) is 0.367. The van der Waals surface area contributed by atoms with Gasteiger partial charge in [0.2, 0.25) is 5.95 Å². The zero-order valence-electron chi connectivity index (χ0n) is 15.9. The highest BCUT2D eigenvalue weighted by atomic mass is 16.6. The largest absolute Gasteiger partial charge is 0.492 e. The van der Waals surface area contributed by atoms with E-state index in [-0.39, 0.29) is 5.69 Å². The van der Waals surface area contributed by atoms with Crippen molar-refractivity contribution >= 4 is 28.6 Å². The Bertz CT molecular complexity index is 1190. The number of fused-ring (bicyclic) bond motifs is 1. The molecule has 4 aromatic rings. The summed E-state index contributed by atoms with van der Waals surface area (Å²) in [6.45, 7) is 0.871. The van der Waals surface area contributed by atoms with Crippen molar-refractivity contribution in [3.63, 3.8) is 0 Å². The molecule has 0 aliphatic heterocycles. The normalized spacial score (nSPS) is 10.7.